The molecule has 1 spiro atoms. The minimum absolute atomic E-state index is 0.109. The van der Waals surface area contributed by atoms with Crippen LogP contribution in [0.15, 0.2) is 60.9 Å². The van der Waals surface area contributed by atoms with Gasteiger partial charge in [0.05, 0.1) is 36.1 Å². The minimum Gasteiger partial charge on any atom is -0.619 e. The Bertz CT molecular complexity index is 1820. The van der Waals surface area contributed by atoms with Crippen LogP contribution in [0.2, 0.25) is 0 Å². The number of carboxylic acids is 1. The molecule has 10 nitrogen and oxygen atoms in total. The van der Waals surface area contributed by atoms with Gasteiger partial charge in [-0.3, -0.25) is 9.59 Å². The maximum Gasteiger partial charge on any atom is 0.272 e. The number of nitrogens with zero attached hydrogens (tertiary/aromatic N) is 3. The van der Waals surface area contributed by atoms with Gasteiger partial charge in [0.1, 0.15) is 22.8 Å². The number of piperidine rings is 1. The van der Waals surface area contributed by atoms with E-state index in [-0.39, 0.29) is 23.7 Å². The van der Waals surface area contributed by atoms with Crippen LogP contribution in [-0.4, -0.2) is 53.3 Å². The van der Waals surface area contributed by atoms with E-state index >= 15 is 0 Å². The molecule has 0 atom stereocenters. The Morgan fingerprint density at radius 3 is 2.58 bits per heavy atom. The molecule has 1 aliphatic carbocycles. The van der Waals surface area contributed by atoms with Crippen LogP contribution in [0.4, 0.5) is 0 Å². The number of rotatable bonds is 5. The highest BCUT2D eigenvalue weighted by atomic mass is 16.5. The van der Waals surface area contributed by atoms with Gasteiger partial charge in [0.2, 0.25) is 0 Å². The van der Waals surface area contributed by atoms with Crippen LogP contribution in [0.3, 0.4) is 0 Å². The third-order valence-electron chi connectivity index (χ3n) is 8.75. The Balaban J connectivity index is 1.10. The first kappa shape index (κ1) is 26.9. The lowest BCUT2D eigenvalue weighted by Crippen LogP contribution is -2.52. The van der Waals surface area contributed by atoms with Crippen molar-refractivity contribution in [2.75, 3.05) is 20.2 Å². The van der Waals surface area contributed by atoms with Gasteiger partial charge in [-0.25, -0.2) is 4.98 Å². The van der Waals surface area contributed by atoms with Gasteiger partial charge in [-0.2, -0.15) is 4.73 Å². The lowest BCUT2D eigenvalue weighted by atomic mass is 9.82. The first-order valence-electron chi connectivity index (χ1n) is 14.3. The van der Waals surface area contributed by atoms with Gasteiger partial charge in [0.15, 0.2) is 18.2 Å². The fourth-order valence-corrected chi connectivity index (χ4v) is 6.30. The molecule has 218 valence electrons. The fourth-order valence-electron chi connectivity index (χ4n) is 6.30. The Labute approximate surface area is 247 Å². The van der Waals surface area contributed by atoms with Crippen LogP contribution in [-0.2, 0) is 0 Å². The van der Waals surface area contributed by atoms with Crippen LogP contribution in [0, 0.1) is 5.21 Å². The SMILES string of the molecule is COc1cc(C(=O)N2CCC3(CC2)CC(=O)c2cc(-c4cc(C(=O)[O-])c[n+]([O-])c4)ccc2O3)nc2c(C3CC3)cccc12. The van der Waals surface area contributed by atoms with Gasteiger partial charge in [-0.1, -0.05) is 18.2 Å². The highest BCUT2D eigenvalue weighted by Gasteiger charge is 2.44. The number of para-hydroxylation sites is 1. The Morgan fingerprint density at radius 2 is 1.86 bits per heavy atom. The Morgan fingerprint density at radius 1 is 1.07 bits per heavy atom. The molecular formula is C33H28N3O7-. The second kappa shape index (κ2) is 10.1. The molecule has 1 saturated heterocycles. The number of hydrogen-bond donors (Lipinski definition) is 0. The zero-order chi connectivity index (χ0) is 29.9. The number of likely N-dealkylation sites (tertiary alicyclic amines) is 1. The number of benzene rings is 2. The molecule has 0 radical (unpaired) electrons. The van der Waals surface area contributed by atoms with Crippen molar-refractivity contribution >= 4 is 28.6 Å². The standard InChI is InChI=1S/C33H29N3O7/c1-42-29-15-26(34-30-23(19-5-6-19)3-2-4-24(29)30)31(38)35-11-9-33(10-12-35)16-27(37)25-14-20(7-8-28(25)43-33)21-13-22(32(39)40)18-36(41)17-21/h2-4,7-8,13-15,17-19H,5-6,9-12,16H2,1H3,(H,39,40)/p-1. The third kappa shape index (κ3) is 4.82. The van der Waals surface area contributed by atoms with E-state index in [1.807, 2.05) is 12.1 Å². The number of ether oxygens (including phenoxy) is 2. The summed E-state index contributed by atoms with van der Waals surface area (Å²) < 4.78 is 12.5. The van der Waals surface area contributed by atoms with Gasteiger partial charge >= 0.3 is 0 Å². The number of carboxylic acid groups (broad SMARTS) is 1. The van der Waals surface area contributed by atoms with Gasteiger partial charge in [0, 0.05) is 42.9 Å². The third-order valence-corrected chi connectivity index (χ3v) is 8.75. The number of Topliss-reactive ketones (excluding diaryl/α,β-unsaturated/α-hetero) is 1. The number of carbonyl (C=O) groups is 3. The quantitative estimate of drug-likeness (QED) is 0.260. The molecule has 4 heterocycles. The first-order chi connectivity index (χ1) is 20.7. The molecule has 3 aliphatic rings. The molecule has 0 bridgehead atoms. The zero-order valence-electron chi connectivity index (χ0n) is 23.5. The summed E-state index contributed by atoms with van der Waals surface area (Å²) in [5.74, 6) is -0.229. The summed E-state index contributed by atoms with van der Waals surface area (Å²) in [7, 11) is 1.60. The summed E-state index contributed by atoms with van der Waals surface area (Å²) >= 11 is 0. The second-order valence-electron chi connectivity index (χ2n) is 11.6. The summed E-state index contributed by atoms with van der Waals surface area (Å²) in [6.45, 7) is 0.816. The topological polar surface area (TPSA) is 136 Å². The molecule has 43 heavy (non-hydrogen) atoms. The summed E-state index contributed by atoms with van der Waals surface area (Å²) in [5.41, 5.74) is 2.56. The number of hydrogen-bond acceptors (Lipinski definition) is 8. The number of aromatic nitrogens is 2. The lowest BCUT2D eigenvalue weighted by Gasteiger charge is -2.44. The molecule has 0 unspecified atom stereocenters. The van der Waals surface area contributed by atoms with Crippen molar-refractivity contribution in [1.82, 2.24) is 9.88 Å². The average Bonchev–Trinajstić information content (AvgIpc) is 3.85. The monoisotopic (exact) mass is 578 g/mol. The number of amides is 1. The summed E-state index contributed by atoms with van der Waals surface area (Å²) in [5, 5.41) is 24.1. The molecule has 2 fully saturated rings. The molecule has 1 saturated carbocycles. The van der Waals surface area contributed by atoms with E-state index in [4.69, 9.17) is 14.5 Å². The number of ketones is 1. The van der Waals surface area contributed by atoms with E-state index in [0.717, 1.165) is 35.5 Å². The number of pyridine rings is 2. The molecule has 2 aliphatic heterocycles. The van der Waals surface area contributed by atoms with Crippen molar-refractivity contribution < 1.29 is 33.7 Å². The van der Waals surface area contributed by atoms with Gasteiger partial charge in [-0.05, 0) is 54.2 Å². The normalized spacial score (nSPS) is 17.4. The van der Waals surface area contributed by atoms with Gasteiger partial charge < -0.3 is 29.5 Å². The van der Waals surface area contributed by atoms with Crippen LogP contribution in [0.5, 0.6) is 11.5 Å². The lowest BCUT2D eigenvalue weighted by molar-refractivity contribution is -0.605. The van der Waals surface area contributed by atoms with Crippen LogP contribution in [0.1, 0.15) is 74.8 Å². The molecule has 4 aromatic rings. The average molecular weight is 579 g/mol. The van der Waals surface area contributed by atoms with E-state index in [0.29, 0.717) is 70.5 Å². The smallest absolute Gasteiger partial charge is 0.272 e. The van der Waals surface area contributed by atoms with E-state index in [1.165, 1.54) is 12.3 Å². The van der Waals surface area contributed by atoms with Crippen molar-refractivity contribution in [3.63, 3.8) is 0 Å². The van der Waals surface area contributed by atoms with Crippen molar-refractivity contribution in [1.29, 1.82) is 0 Å². The predicted octanol–water partition coefficient (Wildman–Crippen LogP) is 3.42. The van der Waals surface area contributed by atoms with E-state index in [9.17, 15) is 24.7 Å². The molecule has 7 rings (SSSR count). The molecule has 1 amide bonds. The summed E-state index contributed by atoms with van der Waals surface area (Å²) in [6.07, 6.45) is 5.51. The predicted molar refractivity (Wildman–Crippen MR) is 153 cm³/mol. The Hall–Kier alpha value is -4.99. The summed E-state index contributed by atoms with van der Waals surface area (Å²) in [6, 6.07) is 14.1. The molecule has 2 aromatic carbocycles. The number of aromatic carboxylic acids is 1. The van der Waals surface area contributed by atoms with Crippen molar-refractivity contribution in [3.8, 4) is 22.6 Å². The van der Waals surface area contributed by atoms with Crippen LogP contribution < -0.4 is 19.3 Å². The summed E-state index contributed by atoms with van der Waals surface area (Å²) in [4.78, 5) is 44.8. The highest BCUT2D eigenvalue weighted by molar-refractivity contribution is 6.02. The van der Waals surface area contributed by atoms with Crippen LogP contribution in [0.25, 0.3) is 22.0 Å². The van der Waals surface area contributed by atoms with Crippen molar-refractivity contribution in [2.24, 2.45) is 0 Å². The van der Waals surface area contributed by atoms with E-state index in [2.05, 4.69) is 6.07 Å². The maximum atomic E-state index is 13.6. The van der Waals surface area contributed by atoms with E-state index < -0.39 is 11.6 Å². The highest BCUT2D eigenvalue weighted by Crippen LogP contribution is 2.44. The first-order valence-corrected chi connectivity index (χ1v) is 14.3. The number of carbonyl (C=O) groups excluding carboxylic acids is 3. The fraction of sp³-hybridized carbons (Fsp3) is 0.303. The number of fused-ring (bicyclic) bond motifs is 2. The largest absolute Gasteiger partial charge is 0.619 e. The molecule has 0 N–H and O–H groups in total. The molecule has 10 heteroatoms. The van der Waals surface area contributed by atoms with Crippen LogP contribution >= 0.6 is 0 Å². The van der Waals surface area contributed by atoms with Gasteiger partial charge in [0.25, 0.3) is 5.91 Å². The zero-order valence-corrected chi connectivity index (χ0v) is 23.5. The number of methoxy groups -OCH3 is 1. The Kier molecular flexibility index (Phi) is 6.30. The molecule has 2 aromatic heterocycles. The maximum absolute atomic E-state index is 13.6. The molecular weight excluding hydrogens is 550 g/mol. The van der Waals surface area contributed by atoms with E-state index in [1.54, 1.807) is 36.3 Å². The van der Waals surface area contributed by atoms with Crippen molar-refractivity contribution in [2.45, 2.75) is 43.6 Å². The minimum atomic E-state index is -1.46. The van der Waals surface area contributed by atoms with Crippen molar-refractivity contribution in [3.05, 3.63) is 88.5 Å². The second-order valence-corrected chi connectivity index (χ2v) is 11.6. The van der Waals surface area contributed by atoms with Gasteiger partial charge in [-0.15, -0.1) is 0 Å².